The third-order valence-electron chi connectivity index (χ3n) is 4.16. The van der Waals surface area contributed by atoms with E-state index in [0.29, 0.717) is 22.9 Å². The molecule has 1 amide bonds. The molecule has 158 valence electrons. The van der Waals surface area contributed by atoms with E-state index in [2.05, 4.69) is 10.2 Å². The molecule has 0 N–H and O–H groups in total. The van der Waals surface area contributed by atoms with E-state index in [9.17, 15) is 22.0 Å². The van der Waals surface area contributed by atoms with Crippen LogP contribution in [0.3, 0.4) is 0 Å². The molecule has 1 aromatic carbocycles. The number of thioether (sulfide) groups is 2. The minimum absolute atomic E-state index is 0.0656. The quantitative estimate of drug-likeness (QED) is 0.573. The fourth-order valence-corrected chi connectivity index (χ4v) is 5.14. The van der Waals surface area contributed by atoms with Crippen molar-refractivity contribution in [2.24, 2.45) is 0 Å². The van der Waals surface area contributed by atoms with Gasteiger partial charge >= 0.3 is 0 Å². The number of nitrogens with zero attached hydrogens (tertiary/aromatic N) is 4. The van der Waals surface area contributed by atoms with Crippen LogP contribution in [-0.2, 0) is 20.6 Å². The van der Waals surface area contributed by atoms with Gasteiger partial charge in [-0.05, 0) is 24.5 Å². The van der Waals surface area contributed by atoms with Crippen LogP contribution in [0.1, 0.15) is 5.89 Å². The number of carbonyl (C=O) groups is 1. The summed E-state index contributed by atoms with van der Waals surface area (Å²) in [5.41, 5.74) is 0. The topological polar surface area (TPSA) is 96.6 Å². The van der Waals surface area contributed by atoms with Crippen molar-refractivity contribution in [1.29, 1.82) is 0 Å². The van der Waals surface area contributed by atoms with Crippen LogP contribution >= 0.6 is 23.5 Å². The van der Waals surface area contributed by atoms with Gasteiger partial charge in [0.1, 0.15) is 0 Å². The summed E-state index contributed by atoms with van der Waals surface area (Å²) < 4.78 is 58.2. The lowest BCUT2D eigenvalue weighted by molar-refractivity contribution is -0.129. The Morgan fingerprint density at radius 2 is 1.90 bits per heavy atom. The third-order valence-corrected chi connectivity index (χ3v) is 7.39. The van der Waals surface area contributed by atoms with E-state index in [1.54, 1.807) is 16.7 Å². The molecule has 0 aliphatic carbocycles. The van der Waals surface area contributed by atoms with Crippen LogP contribution in [0.4, 0.5) is 8.78 Å². The summed E-state index contributed by atoms with van der Waals surface area (Å²) in [7, 11) is -3.96. The largest absolute Gasteiger partial charge is 0.415 e. The van der Waals surface area contributed by atoms with Crippen LogP contribution in [-0.4, -0.2) is 71.9 Å². The summed E-state index contributed by atoms with van der Waals surface area (Å²) in [6.45, 7) is 0.528. The van der Waals surface area contributed by atoms with Gasteiger partial charge in [0.15, 0.2) is 11.6 Å². The number of hydrogen-bond acceptors (Lipinski definition) is 8. The van der Waals surface area contributed by atoms with Crippen molar-refractivity contribution in [3.63, 3.8) is 0 Å². The highest BCUT2D eigenvalue weighted by atomic mass is 32.2. The summed E-state index contributed by atoms with van der Waals surface area (Å²) in [4.78, 5) is 13.6. The Balaban J connectivity index is 1.53. The third kappa shape index (κ3) is 5.27. The number of hydrogen-bond donors (Lipinski definition) is 0. The number of amides is 1. The number of benzene rings is 1. The Morgan fingerprint density at radius 3 is 2.55 bits per heavy atom. The zero-order chi connectivity index (χ0) is 21.0. The first kappa shape index (κ1) is 22.0. The van der Waals surface area contributed by atoms with Gasteiger partial charge in [0.25, 0.3) is 5.22 Å². The smallest absolute Gasteiger partial charge is 0.277 e. The Kier molecular flexibility index (Phi) is 7.14. The zero-order valence-corrected chi connectivity index (χ0v) is 17.8. The highest BCUT2D eigenvalue weighted by Gasteiger charge is 2.30. The molecule has 29 heavy (non-hydrogen) atoms. The molecular formula is C16H18F2N4O4S3. The normalized spacial score (nSPS) is 15.6. The van der Waals surface area contributed by atoms with Gasteiger partial charge in [-0.25, -0.2) is 17.2 Å². The van der Waals surface area contributed by atoms with Crippen LogP contribution in [0.2, 0.25) is 0 Å². The van der Waals surface area contributed by atoms with Crippen LogP contribution in [0.25, 0.3) is 0 Å². The number of sulfonamides is 1. The maximum atomic E-state index is 13.4. The minimum atomic E-state index is -3.96. The van der Waals surface area contributed by atoms with Crippen LogP contribution in [0.5, 0.6) is 0 Å². The molecule has 1 fully saturated rings. The summed E-state index contributed by atoms with van der Waals surface area (Å²) in [6, 6.07) is 2.47. The molecule has 1 saturated heterocycles. The predicted octanol–water partition coefficient (Wildman–Crippen LogP) is 1.84. The molecule has 0 atom stereocenters. The lowest BCUT2D eigenvalue weighted by atomic mass is 10.3. The van der Waals surface area contributed by atoms with Gasteiger partial charge in [0.05, 0.1) is 16.4 Å². The number of piperazine rings is 1. The van der Waals surface area contributed by atoms with Crippen molar-refractivity contribution < 1.29 is 26.4 Å². The number of halogens is 2. The molecular weight excluding hydrogens is 446 g/mol. The lowest BCUT2D eigenvalue weighted by Crippen LogP contribution is -2.51. The average molecular weight is 465 g/mol. The standard InChI is InChI=1S/C16H18F2N4O4S3/c1-27-9-14-19-20-16(26-14)28-10-15(23)21-4-6-22(7-5-21)29(24,25)11-2-3-12(17)13(18)8-11/h2-3,8H,4-7,9-10H2,1H3. The van der Waals surface area contributed by atoms with E-state index in [4.69, 9.17) is 4.42 Å². The summed E-state index contributed by atoms with van der Waals surface area (Å²) >= 11 is 2.67. The first-order valence-corrected chi connectivity index (χ1v) is 12.3. The van der Waals surface area contributed by atoms with E-state index in [0.717, 1.165) is 28.2 Å². The summed E-state index contributed by atoms with van der Waals surface area (Å²) in [5, 5.41) is 8.03. The monoisotopic (exact) mass is 464 g/mol. The molecule has 13 heteroatoms. The molecule has 0 unspecified atom stereocenters. The zero-order valence-electron chi connectivity index (χ0n) is 15.4. The van der Waals surface area contributed by atoms with E-state index in [1.165, 1.54) is 0 Å². The molecule has 0 radical (unpaired) electrons. The molecule has 1 aromatic heterocycles. The number of carbonyl (C=O) groups excluding carboxylic acids is 1. The Labute approximate surface area is 175 Å². The van der Waals surface area contributed by atoms with Gasteiger partial charge in [-0.15, -0.1) is 10.2 Å². The van der Waals surface area contributed by atoms with Crippen molar-refractivity contribution in [3.8, 4) is 0 Å². The molecule has 3 rings (SSSR count). The van der Waals surface area contributed by atoms with Crippen molar-refractivity contribution in [3.05, 3.63) is 35.7 Å². The maximum Gasteiger partial charge on any atom is 0.277 e. The molecule has 2 heterocycles. The first-order valence-electron chi connectivity index (χ1n) is 8.48. The molecule has 1 aliphatic heterocycles. The average Bonchev–Trinajstić information content (AvgIpc) is 3.16. The van der Waals surface area contributed by atoms with E-state index in [-0.39, 0.29) is 42.7 Å². The Hall–Kier alpha value is -1.70. The number of rotatable bonds is 7. The van der Waals surface area contributed by atoms with Crippen LogP contribution < -0.4 is 0 Å². The second-order valence-corrected chi connectivity index (χ2v) is 9.77. The Bertz CT molecular complexity index is 978. The number of aromatic nitrogens is 2. The molecule has 0 saturated carbocycles. The first-order chi connectivity index (χ1) is 13.8. The van der Waals surface area contributed by atoms with Crippen LogP contribution in [0.15, 0.2) is 32.7 Å². The van der Waals surface area contributed by atoms with Crippen molar-refractivity contribution in [2.45, 2.75) is 15.9 Å². The van der Waals surface area contributed by atoms with Crippen molar-refractivity contribution in [2.75, 3.05) is 38.2 Å². The highest BCUT2D eigenvalue weighted by Crippen LogP contribution is 2.22. The van der Waals surface area contributed by atoms with Crippen molar-refractivity contribution in [1.82, 2.24) is 19.4 Å². The molecule has 8 nitrogen and oxygen atoms in total. The minimum Gasteiger partial charge on any atom is -0.415 e. The van der Waals surface area contributed by atoms with Gasteiger partial charge in [-0.2, -0.15) is 16.1 Å². The van der Waals surface area contributed by atoms with Gasteiger partial charge < -0.3 is 9.32 Å². The second-order valence-electron chi connectivity index (χ2n) is 6.04. The summed E-state index contributed by atoms with van der Waals surface area (Å²) in [5.74, 6) is -1.34. The predicted molar refractivity (Wildman–Crippen MR) is 104 cm³/mol. The second kappa shape index (κ2) is 9.41. The van der Waals surface area contributed by atoms with Crippen molar-refractivity contribution >= 4 is 39.5 Å². The van der Waals surface area contributed by atoms with Gasteiger partial charge in [-0.1, -0.05) is 11.8 Å². The maximum absolute atomic E-state index is 13.4. The van der Waals surface area contributed by atoms with E-state index >= 15 is 0 Å². The lowest BCUT2D eigenvalue weighted by Gasteiger charge is -2.33. The van der Waals surface area contributed by atoms with E-state index in [1.807, 2.05) is 6.26 Å². The fourth-order valence-electron chi connectivity index (χ4n) is 2.66. The SMILES string of the molecule is CSCc1nnc(SCC(=O)N2CCN(S(=O)(=O)c3ccc(F)c(F)c3)CC2)o1. The highest BCUT2D eigenvalue weighted by molar-refractivity contribution is 7.99. The molecule has 2 aromatic rings. The molecule has 1 aliphatic rings. The van der Waals surface area contributed by atoms with E-state index < -0.39 is 21.7 Å². The van der Waals surface area contributed by atoms with Gasteiger partial charge in [0, 0.05) is 26.2 Å². The summed E-state index contributed by atoms with van der Waals surface area (Å²) in [6.07, 6.45) is 1.91. The Morgan fingerprint density at radius 1 is 1.17 bits per heavy atom. The van der Waals surface area contributed by atoms with Gasteiger partial charge in [-0.3, -0.25) is 4.79 Å². The molecule has 0 bridgehead atoms. The van der Waals surface area contributed by atoms with Gasteiger partial charge in [0.2, 0.25) is 21.8 Å². The molecule has 0 spiro atoms. The van der Waals surface area contributed by atoms with Crippen LogP contribution in [0, 0.1) is 11.6 Å². The fraction of sp³-hybridized carbons (Fsp3) is 0.438.